The molecule has 0 spiro atoms. The van der Waals surface area contributed by atoms with E-state index in [1.54, 1.807) is 7.11 Å². The number of likely N-dealkylation sites (N-methyl/N-ethyl adjacent to an activating group) is 1. The molecule has 0 fully saturated rings. The van der Waals surface area contributed by atoms with Gasteiger partial charge in [0.05, 0.1) is 13.2 Å². The van der Waals surface area contributed by atoms with Gasteiger partial charge in [0, 0.05) is 12.2 Å². The minimum absolute atomic E-state index is 0.0114. The average molecular weight is 340 g/mol. The zero-order chi connectivity index (χ0) is 18.4. The van der Waals surface area contributed by atoms with Gasteiger partial charge >= 0.3 is 0 Å². The van der Waals surface area contributed by atoms with Crippen LogP contribution in [0.2, 0.25) is 0 Å². The van der Waals surface area contributed by atoms with Gasteiger partial charge in [-0.1, -0.05) is 38.1 Å². The zero-order valence-corrected chi connectivity index (χ0v) is 15.7. The SMILES string of the molecule is COc1cccc(CN(C)[C@H](C)C(=O)Nc2ccc(C(C)C)cc2)c1. The molecule has 1 amide bonds. The second kappa shape index (κ2) is 8.67. The summed E-state index contributed by atoms with van der Waals surface area (Å²) >= 11 is 0. The molecule has 0 aliphatic rings. The van der Waals surface area contributed by atoms with Crippen molar-refractivity contribution in [1.82, 2.24) is 4.90 Å². The zero-order valence-electron chi connectivity index (χ0n) is 15.7. The summed E-state index contributed by atoms with van der Waals surface area (Å²) in [7, 11) is 3.61. The van der Waals surface area contributed by atoms with E-state index < -0.39 is 0 Å². The Morgan fingerprint density at radius 3 is 2.40 bits per heavy atom. The predicted octanol–water partition coefficient (Wildman–Crippen LogP) is 4.28. The lowest BCUT2D eigenvalue weighted by molar-refractivity contribution is -0.120. The fourth-order valence-corrected chi connectivity index (χ4v) is 2.59. The molecule has 134 valence electrons. The van der Waals surface area contributed by atoms with Crippen LogP contribution in [0.15, 0.2) is 48.5 Å². The minimum atomic E-state index is -0.240. The highest BCUT2D eigenvalue weighted by Crippen LogP contribution is 2.18. The largest absolute Gasteiger partial charge is 0.497 e. The normalized spacial score (nSPS) is 12.3. The summed E-state index contributed by atoms with van der Waals surface area (Å²) in [5, 5.41) is 2.99. The van der Waals surface area contributed by atoms with Crippen LogP contribution in [0, 0.1) is 0 Å². The second-order valence-electron chi connectivity index (χ2n) is 6.71. The maximum Gasteiger partial charge on any atom is 0.241 e. The molecule has 2 aromatic carbocycles. The third kappa shape index (κ3) is 5.33. The molecular formula is C21H28N2O2. The van der Waals surface area contributed by atoms with Crippen molar-refractivity contribution in [1.29, 1.82) is 0 Å². The van der Waals surface area contributed by atoms with Crippen LogP contribution in [0.25, 0.3) is 0 Å². The number of nitrogens with one attached hydrogen (secondary N) is 1. The van der Waals surface area contributed by atoms with Crippen molar-refractivity contribution in [3.8, 4) is 5.75 Å². The van der Waals surface area contributed by atoms with Crippen LogP contribution in [-0.2, 0) is 11.3 Å². The Balaban J connectivity index is 1.95. The van der Waals surface area contributed by atoms with Crippen LogP contribution in [0.5, 0.6) is 5.75 Å². The van der Waals surface area contributed by atoms with Gasteiger partial charge in [0.1, 0.15) is 5.75 Å². The van der Waals surface area contributed by atoms with Crippen molar-refractivity contribution in [2.75, 3.05) is 19.5 Å². The first-order valence-corrected chi connectivity index (χ1v) is 8.64. The Morgan fingerprint density at radius 2 is 1.80 bits per heavy atom. The van der Waals surface area contributed by atoms with Crippen LogP contribution in [-0.4, -0.2) is 31.0 Å². The topological polar surface area (TPSA) is 41.6 Å². The Morgan fingerprint density at radius 1 is 1.12 bits per heavy atom. The molecule has 2 rings (SSSR count). The van der Waals surface area contributed by atoms with E-state index in [-0.39, 0.29) is 11.9 Å². The second-order valence-corrected chi connectivity index (χ2v) is 6.71. The summed E-state index contributed by atoms with van der Waals surface area (Å²) in [5.74, 6) is 1.30. The molecule has 0 saturated heterocycles. The number of carbonyl (C=O) groups excluding carboxylic acids is 1. The number of carbonyl (C=O) groups is 1. The van der Waals surface area contributed by atoms with Gasteiger partial charge in [-0.25, -0.2) is 0 Å². The van der Waals surface area contributed by atoms with E-state index in [0.29, 0.717) is 12.5 Å². The van der Waals surface area contributed by atoms with E-state index >= 15 is 0 Å². The van der Waals surface area contributed by atoms with E-state index in [1.807, 2.05) is 55.3 Å². The average Bonchev–Trinajstić information content (AvgIpc) is 2.61. The minimum Gasteiger partial charge on any atom is -0.497 e. The Hall–Kier alpha value is -2.33. The van der Waals surface area contributed by atoms with Gasteiger partial charge in [-0.05, 0) is 55.3 Å². The lowest BCUT2D eigenvalue weighted by Crippen LogP contribution is -2.39. The van der Waals surface area contributed by atoms with E-state index in [1.165, 1.54) is 5.56 Å². The molecule has 4 heteroatoms. The number of ether oxygens (including phenoxy) is 1. The van der Waals surface area contributed by atoms with Gasteiger partial charge in [-0.2, -0.15) is 0 Å². The molecule has 0 unspecified atom stereocenters. The highest BCUT2D eigenvalue weighted by molar-refractivity contribution is 5.94. The third-order valence-corrected chi connectivity index (χ3v) is 4.45. The smallest absolute Gasteiger partial charge is 0.241 e. The number of rotatable bonds is 7. The van der Waals surface area contributed by atoms with Crippen LogP contribution >= 0.6 is 0 Å². The monoisotopic (exact) mass is 340 g/mol. The highest BCUT2D eigenvalue weighted by Gasteiger charge is 2.18. The molecule has 1 N–H and O–H groups in total. The van der Waals surface area contributed by atoms with Gasteiger partial charge in [-0.3, -0.25) is 9.69 Å². The third-order valence-electron chi connectivity index (χ3n) is 4.45. The predicted molar refractivity (Wildman–Crippen MR) is 103 cm³/mol. The fourth-order valence-electron chi connectivity index (χ4n) is 2.59. The van der Waals surface area contributed by atoms with E-state index in [4.69, 9.17) is 4.74 Å². The van der Waals surface area contributed by atoms with Crippen molar-refractivity contribution in [2.45, 2.75) is 39.3 Å². The van der Waals surface area contributed by atoms with Crippen LogP contribution in [0.4, 0.5) is 5.69 Å². The Kier molecular flexibility index (Phi) is 6.59. The Bertz CT molecular complexity index is 695. The maximum absolute atomic E-state index is 12.5. The summed E-state index contributed by atoms with van der Waals surface area (Å²) in [6, 6.07) is 15.7. The Labute approximate surface area is 150 Å². The van der Waals surface area contributed by atoms with Crippen molar-refractivity contribution in [2.24, 2.45) is 0 Å². The molecule has 0 aromatic heterocycles. The standard InChI is InChI=1S/C21H28N2O2/c1-15(2)18-9-11-19(12-10-18)22-21(24)16(3)23(4)14-17-7-6-8-20(13-17)25-5/h6-13,15-16H,14H2,1-5H3,(H,22,24)/t16-/m1/s1. The molecule has 25 heavy (non-hydrogen) atoms. The highest BCUT2D eigenvalue weighted by atomic mass is 16.5. The molecule has 4 nitrogen and oxygen atoms in total. The summed E-state index contributed by atoms with van der Waals surface area (Å²) in [5.41, 5.74) is 3.21. The molecule has 0 radical (unpaired) electrons. The van der Waals surface area contributed by atoms with E-state index in [9.17, 15) is 4.79 Å². The molecule has 0 saturated carbocycles. The van der Waals surface area contributed by atoms with Crippen molar-refractivity contribution < 1.29 is 9.53 Å². The maximum atomic E-state index is 12.5. The number of amides is 1. The lowest BCUT2D eigenvalue weighted by atomic mass is 10.0. The number of methoxy groups -OCH3 is 1. The van der Waals surface area contributed by atoms with Gasteiger partial charge in [0.15, 0.2) is 0 Å². The summed E-state index contributed by atoms with van der Waals surface area (Å²) < 4.78 is 5.25. The quantitative estimate of drug-likeness (QED) is 0.818. The number of anilines is 1. The molecule has 0 aliphatic carbocycles. The fraction of sp³-hybridized carbons (Fsp3) is 0.381. The number of hydrogen-bond donors (Lipinski definition) is 1. The molecule has 0 heterocycles. The first-order valence-electron chi connectivity index (χ1n) is 8.64. The lowest BCUT2D eigenvalue weighted by Gasteiger charge is -2.24. The van der Waals surface area contributed by atoms with Gasteiger partial charge in [0.25, 0.3) is 0 Å². The number of nitrogens with zero attached hydrogens (tertiary/aromatic N) is 1. The summed E-state index contributed by atoms with van der Waals surface area (Å²) in [6.45, 7) is 6.91. The summed E-state index contributed by atoms with van der Waals surface area (Å²) in [6.07, 6.45) is 0. The molecule has 2 aromatic rings. The summed E-state index contributed by atoms with van der Waals surface area (Å²) in [4.78, 5) is 14.5. The van der Waals surface area contributed by atoms with E-state index in [2.05, 4.69) is 31.3 Å². The van der Waals surface area contributed by atoms with Gasteiger partial charge in [-0.15, -0.1) is 0 Å². The number of hydrogen-bond acceptors (Lipinski definition) is 3. The molecular weight excluding hydrogens is 312 g/mol. The molecule has 0 bridgehead atoms. The van der Waals surface area contributed by atoms with Crippen LogP contribution < -0.4 is 10.1 Å². The first kappa shape index (κ1) is 19.0. The van der Waals surface area contributed by atoms with Crippen LogP contribution in [0.1, 0.15) is 37.8 Å². The molecule has 0 aliphatic heterocycles. The molecule has 1 atom stereocenters. The van der Waals surface area contributed by atoms with Crippen LogP contribution in [0.3, 0.4) is 0 Å². The number of benzene rings is 2. The van der Waals surface area contributed by atoms with Gasteiger partial charge < -0.3 is 10.1 Å². The van der Waals surface area contributed by atoms with Crippen molar-refractivity contribution in [3.63, 3.8) is 0 Å². The first-order chi connectivity index (χ1) is 11.9. The van der Waals surface area contributed by atoms with Crippen molar-refractivity contribution >= 4 is 11.6 Å². The van der Waals surface area contributed by atoms with Gasteiger partial charge in [0.2, 0.25) is 5.91 Å². The van der Waals surface area contributed by atoms with Crippen molar-refractivity contribution in [3.05, 3.63) is 59.7 Å². The van der Waals surface area contributed by atoms with E-state index in [0.717, 1.165) is 17.0 Å².